The third kappa shape index (κ3) is 7.67. The average molecular weight is 751 g/mol. The molecule has 2 aliphatic heterocycles. The van der Waals surface area contributed by atoms with Crippen LogP contribution in [0.5, 0.6) is 0 Å². The number of nitrogens with one attached hydrogen (secondary N) is 4. The van der Waals surface area contributed by atoms with Crippen molar-refractivity contribution in [2.24, 2.45) is 5.92 Å². The smallest absolute Gasteiger partial charge is 0.407 e. The van der Waals surface area contributed by atoms with E-state index < -0.39 is 23.8 Å². The topological polar surface area (TPSA) is 175 Å². The molecule has 0 radical (unpaired) electrons. The zero-order chi connectivity index (χ0) is 38.7. The van der Waals surface area contributed by atoms with E-state index >= 15 is 0 Å². The molecule has 0 bridgehead atoms. The van der Waals surface area contributed by atoms with Crippen LogP contribution in [0.25, 0.3) is 33.6 Å². The van der Waals surface area contributed by atoms with Crippen LogP contribution < -0.4 is 10.6 Å². The van der Waals surface area contributed by atoms with E-state index in [0.717, 1.165) is 83.8 Å². The number of imidazole rings is 2. The van der Waals surface area contributed by atoms with Crippen LogP contribution >= 0.6 is 0 Å². The number of nitrogens with zero attached hydrogens (tertiary/aromatic N) is 4. The van der Waals surface area contributed by atoms with Gasteiger partial charge in [0.25, 0.3) is 0 Å². The van der Waals surface area contributed by atoms with Crippen molar-refractivity contribution in [1.82, 2.24) is 40.4 Å². The largest absolute Gasteiger partial charge is 0.453 e. The number of alkyl carbamates (subject to hydrolysis) is 2. The summed E-state index contributed by atoms with van der Waals surface area (Å²) in [6, 6.07) is 15.5. The first-order valence-corrected chi connectivity index (χ1v) is 19.2. The van der Waals surface area contributed by atoms with E-state index in [1.165, 1.54) is 14.2 Å². The first kappa shape index (κ1) is 37.6. The Hall–Kier alpha value is -5.66. The van der Waals surface area contributed by atoms with E-state index in [1.807, 2.05) is 29.8 Å². The Morgan fingerprint density at radius 1 is 0.709 bits per heavy atom. The second kappa shape index (κ2) is 16.0. The van der Waals surface area contributed by atoms with Crippen LogP contribution in [0.2, 0.25) is 0 Å². The minimum absolute atomic E-state index is 0.0576. The normalized spacial score (nSPS) is 19.7. The third-order valence-electron chi connectivity index (χ3n) is 11.4. The van der Waals surface area contributed by atoms with Crippen molar-refractivity contribution >= 4 is 24.0 Å². The van der Waals surface area contributed by atoms with E-state index in [9.17, 15) is 19.2 Å². The van der Waals surface area contributed by atoms with Crippen LogP contribution in [-0.4, -0.2) is 92.6 Å². The van der Waals surface area contributed by atoms with E-state index in [2.05, 4.69) is 74.1 Å². The Morgan fingerprint density at radius 3 is 1.67 bits per heavy atom. The number of benzene rings is 2. The molecule has 2 aromatic carbocycles. The lowest BCUT2D eigenvalue weighted by molar-refractivity contribution is -0.139. The molecule has 2 saturated heterocycles. The lowest BCUT2D eigenvalue weighted by atomic mass is 9.95. The predicted octanol–water partition coefficient (Wildman–Crippen LogP) is 6.51. The summed E-state index contributed by atoms with van der Waals surface area (Å²) in [5.41, 5.74) is 4.90. The number of ether oxygens (including phenoxy) is 2. The molecule has 3 fully saturated rings. The number of hydrogen-bond acceptors (Lipinski definition) is 8. The lowest BCUT2D eigenvalue weighted by Gasteiger charge is -2.35. The number of carbonyl (C=O) groups excluding carboxylic acids is 4. The maximum Gasteiger partial charge on any atom is 0.407 e. The van der Waals surface area contributed by atoms with Gasteiger partial charge in [-0.2, -0.15) is 0 Å². The van der Waals surface area contributed by atoms with Gasteiger partial charge in [0.1, 0.15) is 23.2 Å². The molecule has 4 heterocycles. The average Bonchev–Trinajstić information content (AvgIpc) is 4.06. The number of aromatic nitrogens is 4. The molecule has 14 heteroatoms. The molecule has 14 nitrogen and oxygen atoms in total. The van der Waals surface area contributed by atoms with Crippen LogP contribution in [0.1, 0.15) is 88.9 Å². The number of rotatable bonds is 10. The van der Waals surface area contributed by atoms with Gasteiger partial charge in [-0.25, -0.2) is 19.6 Å². The molecule has 4 amide bonds. The minimum Gasteiger partial charge on any atom is -0.453 e. The second-order valence-corrected chi connectivity index (χ2v) is 15.1. The van der Waals surface area contributed by atoms with Gasteiger partial charge in [0, 0.05) is 13.1 Å². The van der Waals surface area contributed by atoms with Gasteiger partial charge in [0.05, 0.1) is 50.1 Å². The van der Waals surface area contributed by atoms with E-state index in [-0.39, 0.29) is 29.8 Å². The second-order valence-electron chi connectivity index (χ2n) is 15.1. The molecule has 1 aliphatic carbocycles. The Kier molecular flexibility index (Phi) is 10.9. The van der Waals surface area contributed by atoms with Gasteiger partial charge < -0.3 is 39.9 Å². The predicted molar refractivity (Wildman–Crippen MR) is 205 cm³/mol. The van der Waals surface area contributed by atoms with Crippen molar-refractivity contribution in [3.8, 4) is 33.6 Å². The van der Waals surface area contributed by atoms with Gasteiger partial charge in [-0.3, -0.25) is 9.59 Å². The molecular formula is C41H50N8O6. The summed E-state index contributed by atoms with van der Waals surface area (Å²) in [6.07, 6.45) is 8.70. The molecular weight excluding hydrogens is 701 g/mol. The third-order valence-corrected chi connectivity index (χ3v) is 11.4. The summed E-state index contributed by atoms with van der Waals surface area (Å²) in [7, 11) is 2.61. The molecule has 3 aliphatic rings. The fourth-order valence-electron chi connectivity index (χ4n) is 8.37. The standard InChI is InChI=1S/C41H50N8O6/c1-25(2)34(46-39(52)54-3)37(50)48-21-7-9-32(48)35-42-23-30(44-35)28-15-11-26(12-16-28)27-13-17-29(18-14-27)31-24-43-36(45-31)33-10-8-22-49(33)38(51)41(19-5-6-20-41)47-40(53)55-4/h11-18,23-25,32-34H,5-10,19-22H2,1-4H3,(H,42,44)(H,43,45)(H,46,52)(H,47,53)/t32?,33?,34-/m0/s1. The van der Waals surface area contributed by atoms with E-state index in [1.54, 1.807) is 6.20 Å². The van der Waals surface area contributed by atoms with Gasteiger partial charge in [-0.15, -0.1) is 0 Å². The van der Waals surface area contributed by atoms with Crippen molar-refractivity contribution < 1.29 is 28.7 Å². The zero-order valence-corrected chi connectivity index (χ0v) is 31.9. The highest BCUT2D eigenvalue weighted by Gasteiger charge is 2.48. The monoisotopic (exact) mass is 750 g/mol. The maximum atomic E-state index is 13.9. The summed E-state index contributed by atoms with van der Waals surface area (Å²) >= 11 is 0. The number of carbonyl (C=O) groups is 4. The fourth-order valence-corrected chi connectivity index (χ4v) is 8.37. The Morgan fingerprint density at radius 2 is 1.18 bits per heavy atom. The number of methoxy groups -OCH3 is 2. The highest BCUT2D eigenvalue weighted by molar-refractivity contribution is 5.91. The summed E-state index contributed by atoms with van der Waals surface area (Å²) < 4.78 is 9.61. The summed E-state index contributed by atoms with van der Waals surface area (Å²) in [5.74, 6) is 1.17. The van der Waals surface area contributed by atoms with Crippen LogP contribution in [0, 0.1) is 5.92 Å². The van der Waals surface area contributed by atoms with Gasteiger partial charge in [0.15, 0.2) is 0 Å². The molecule has 2 unspecified atom stereocenters. The van der Waals surface area contributed by atoms with Gasteiger partial charge in [-0.05, 0) is 66.7 Å². The van der Waals surface area contributed by atoms with Gasteiger partial charge in [0.2, 0.25) is 11.8 Å². The first-order valence-electron chi connectivity index (χ1n) is 19.2. The van der Waals surface area contributed by atoms with Crippen molar-refractivity contribution in [1.29, 1.82) is 0 Å². The molecule has 4 aromatic rings. The molecule has 7 rings (SSSR count). The molecule has 1 saturated carbocycles. The summed E-state index contributed by atoms with van der Waals surface area (Å²) in [4.78, 5) is 71.5. The van der Waals surface area contributed by atoms with Crippen LogP contribution in [0.15, 0.2) is 60.9 Å². The maximum absolute atomic E-state index is 13.9. The van der Waals surface area contributed by atoms with Gasteiger partial charge >= 0.3 is 12.2 Å². The van der Waals surface area contributed by atoms with Crippen molar-refractivity contribution in [3.05, 3.63) is 72.6 Å². The number of likely N-dealkylation sites (tertiary alicyclic amines) is 2. The van der Waals surface area contributed by atoms with E-state index in [4.69, 9.17) is 14.5 Å². The molecule has 2 aromatic heterocycles. The molecule has 0 spiro atoms. The number of aromatic amines is 2. The SMILES string of the molecule is COC(=O)N[C@H](C(=O)N1CCCC1c1ncc(-c2ccc(-c3ccc(-c4cnc(C5CCCN5C(=O)C5(NC(=O)OC)CCCC5)[nH]4)cc3)cc2)[nH]1)C(C)C. The summed E-state index contributed by atoms with van der Waals surface area (Å²) in [6.45, 7) is 5.02. The molecule has 4 N–H and O–H groups in total. The van der Waals surface area contributed by atoms with Gasteiger partial charge in [-0.1, -0.05) is 75.2 Å². The zero-order valence-electron chi connectivity index (χ0n) is 31.9. The van der Waals surface area contributed by atoms with Crippen LogP contribution in [0.4, 0.5) is 9.59 Å². The summed E-state index contributed by atoms with van der Waals surface area (Å²) in [5, 5.41) is 5.56. The van der Waals surface area contributed by atoms with Crippen LogP contribution in [-0.2, 0) is 19.1 Å². The number of amides is 4. The quantitative estimate of drug-likeness (QED) is 0.142. The lowest BCUT2D eigenvalue weighted by Crippen LogP contribution is -2.58. The highest BCUT2D eigenvalue weighted by Crippen LogP contribution is 2.39. The minimum atomic E-state index is -0.927. The fraction of sp³-hybridized carbons (Fsp3) is 0.463. The van der Waals surface area contributed by atoms with Crippen molar-refractivity contribution in [3.63, 3.8) is 0 Å². The van der Waals surface area contributed by atoms with E-state index in [0.29, 0.717) is 25.9 Å². The Bertz CT molecular complexity index is 2000. The number of H-pyrrole nitrogens is 2. The van der Waals surface area contributed by atoms with Crippen molar-refractivity contribution in [2.45, 2.75) is 88.9 Å². The molecule has 290 valence electrons. The highest BCUT2D eigenvalue weighted by atomic mass is 16.5. The first-order chi connectivity index (χ1) is 26.6. The molecule has 3 atom stereocenters. The van der Waals surface area contributed by atoms with Crippen LogP contribution in [0.3, 0.4) is 0 Å². The Balaban J connectivity index is 1.00. The van der Waals surface area contributed by atoms with Crippen molar-refractivity contribution in [2.75, 3.05) is 27.3 Å². The Labute approximate surface area is 320 Å². The molecule has 55 heavy (non-hydrogen) atoms. The number of hydrogen-bond donors (Lipinski definition) is 4.